The molecule has 0 aliphatic carbocycles. The lowest BCUT2D eigenvalue weighted by Gasteiger charge is -2.17. The second kappa shape index (κ2) is 7.08. The number of amides is 1. The van der Waals surface area contributed by atoms with Crippen molar-refractivity contribution in [3.05, 3.63) is 35.6 Å². The number of nitrogens with one attached hydrogen (secondary N) is 1. The number of benzene rings is 1. The van der Waals surface area contributed by atoms with Gasteiger partial charge in [0.25, 0.3) is 0 Å². The van der Waals surface area contributed by atoms with E-state index in [-0.39, 0.29) is 18.3 Å². The lowest BCUT2D eigenvalue weighted by molar-refractivity contribution is -0.122. The maximum absolute atomic E-state index is 12.7. The van der Waals surface area contributed by atoms with Gasteiger partial charge in [0.1, 0.15) is 5.82 Å². The molecule has 0 fully saturated rings. The van der Waals surface area contributed by atoms with Crippen molar-refractivity contribution < 1.29 is 14.3 Å². The molecule has 0 radical (unpaired) electrons. The number of likely N-dealkylation sites (N-methyl/N-ethyl adjacent to an activating group) is 1. The molecule has 0 spiro atoms. The van der Waals surface area contributed by atoms with E-state index in [0.29, 0.717) is 13.1 Å². The molecular weight excluding hydrogens is 235 g/mol. The molecule has 0 aromatic heterocycles. The van der Waals surface area contributed by atoms with Crippen molar-refractivity contribution in [2.24, 2.45) is 0 Å². The van der Waals surface area contributed by atoms with Crippen molar-refractivity contribution in [2.45, 2.75) is 19.6 Å². The summed E-state index contributed by atoms with van der Waals surface area (Å²) in [5.74, 6) is -0.413. The third-order valence-electron chi connectivity index (χ3n) is 2.39. The van der Waals surface area contributed by atoms with Crippen LogP contribution in [0.2, 0.25) is 0 Å². The van der Waals surface area contributed by atoms with Gasteiger partial charge in [-0.15, -0.1) is 0 Å². The minimum atomic E-state index is -0.458. The second-order valence-corrected chi connectivity index (χ2v) is 4.45. The van der Waals surface area contributed by atoms with Gasteiger partial charge in [-0.2, -0.15) is 0 Å². The molecule has 1 aromatic carbocycles. The van der Waals surface area contributed by atoms with Gasteiger partial charge in [0.15, 0.2) is 0 Å². The van der Waals surface area contributed by atoms with Gasteiger partial charge in [-0.1, -0.05) is 12.1 Å². The molecule has 0 saturated carbocycles. The summed E-state index contributed by atoms with van der Waals surface area (Å²) in [7, 11) is 1.77. The number of hydrogen-bond donors (Lipinski definition) is 2. The molecule has 1 rings (SSSR count). The lowest BCUT2D eigenvalue weighted by atomic mass is 10.2. The summed E-state index contributed by atoms with van der Waals surface area (Å²) in [5, 5.41) is 11.9. The zero-order valence-corrected chi connectivity index (χ0v) is 10.7. The zero-order chi connectivity index (χ0) is 13.5. The average molecular weight is 254 g/mol. The molecule has 1 unspecified atom stereocenters. The highest BCUT2D eigenvalue weighted by Gasteiger charge is 2.08. The van der Waals surface area contributed by atoms with E-state index in [9.17, 15) is 9.18 Å². The van der Waals surface area contributed by atoms with Crippen LogP contribution >= 0.6 is 0 Å². The smallest absolute Gasteiger partial charge is 0.234 e. The summed E-state index contributed by atoms with van der Waals surface area (Å²) in [6, 6.07) is 5.99. The maximum Gasteiger partial charge on any atom is 0.234 e. The topological polar surface area (TPSA) is 52.6 Å². The number of aliphatic hydroxyl groups excluding tert-OH is 1. The highest BCUT2D eigenvalue weighted by Crippen LogP contribution is 2.01. The molecule has 100 valence electrons. The van der Waals surface area contributed by atoms with Crippen molar-refractivity contribution in [2.75, 3.05) is 20.1 Å². The summed E-state index contributed by atoms with van der Waals surface area (Å²) in [4.78, 5) is 13.3. The molecule has 18 heavy (non-hydrogen) atoms. The summed E-state index contributed by atoms with van der Waals surface area (Å²) < 4.78 is 12.7. The molecule has 0 aliphatic heterocycles. The zero-order valence-electron chi connectivity index (χ0n) is 10.7. The fourth-order valence-corrected chi connectivity index (χ4v) is 1.62. The standard InChI is InChI=1S/C13H19FN2O2/c1-10(17)8-16(2)9-13(18)15-7-11-3-5-12(14)6-4-11/h3-6,10,17H,7-9H2,1-2H3,(H,15,18). The number of carbonyl (C=O) groups is 1. The number of hydrogen-bond acceptors (Lipinski definition) is 3. The van der Waals surface area contributed by atoms with Gasteiger partial charge in [-0.05, 0) is 31.7 Å². The molecule has 0 saturated heterocycles. The van der Waals surface area contributed by atoms with Gasteiger partial charge < -0.3 is 10.4 Å². The molecular formula is C13H19FN2O2. The van der Waals surface area contributed by atoms with Crippen LogP contribution in [-0.2, 0) is 11.3 Å². The highest BCUT2D eigenvalue weighted by atomic mass is 19.1. The molecule has 0 bridgehead atoms. The summed E-state index contributed by atoms with van der Waals surface area (Å²) in [5.41, 5.74) is 0.850. The Morgan fingerprint density at radius 1 is 1.44 bits per heavy atom. The van der Waals surface area contributed by atoms with Crippen molar-refractivity contribution in [3.8, 4) is 0 Å². The average Bonchev–Trinajstić information content (AvgIpc) is 2.27. The Morgan fingerprint density at radius 2 is 2.06 bits per heavy atom. The van der Waals surface area contributed by atoms with E-state index in [1.165, 1.54) is 12.1 Å². The first-order chi connectivity index (χ1) is 8.47. The highest BCUT2D eigenvalue weighted by molar-refractivity contribution is 5.77. The monoisotopic (exact) mass is 254 g/mol. The predicted octanol–water partition coefficient (Wildman–Crippen LogP) is 0.754. The van der Waals surface area contributed by atoms with Gasteiger partial charge >= 0.3 is 0 Å². The molecule has 2 N–H and O–H groups in total. The Morgan fingerprint density at radius 3 is 2.61 bits per heavy atom. The van der Waals surface area contributed by atoms with Crippen LogP contribution in [0.3, 0.4) is 0 Å². The predicted molar refractivity (Wildman–Crippen MR) is 67.4 cm³/mol. The van der Waals surface area contributed by atoms with E-state index in [0.717, 1.165) is 5.56 Å². The van der Waals surface area contributed by atoms with Crippen LogP contribution in [0.25, 0.3) is 0 Å². The maximum atomic E-state index is 12.7. The Balaban J connectivity index is 2.30. The number of halogens is 1. The van der Waals surface area contributed by atoms with Crippen molar-refractivity contribution >= 4 is 5.91 Å². The molecule has 1 atom stereocenters. The van der Waals surface area contributed by atoms with Gasteiger partial charge in [0.05, 0.1) is 12.6 Å². The van der Waals surface area contributed by atoms with Crippen LogP contribution in [0.4, 0.5) is 4.39 Å². The van der Waals surface area contributed by atoms with Crippen LogP contribution in [-0.4, -0.2) is 42.2 Å². The van der Waals surface area contributed by atoms with E-state index in [2.05, 4.69) is 5.32 Å². The largest absolute Gasteiger partial charge is 0.392 e. The van der Waals surface area contributed by atoms with E-state index in [1.807, 2.05) is 0 Å². The number of nitrogens with zero attached hydrogens (tertiary/aromatic N) is 1. The number of aliphatic hydroxyl groups is 1. The molecule has 1 aromatic rings. The number of carbonyl (C=O) groups excluding carboxylic acids is 1. The van der Waals surface area contributed by atoms with Crippen molar-refractivity contribution in [3.63, 3.8) is 0 Å². The summed E-state index contributed by atoms with van der Waals surface area (Å²) in [6.07, 6.45) is -0.458. The van der Waals surface area contributed by atoms with Crippen LogP contribution < -0.4 is 5.32 Å². The third-order valence-corrected chi connectivity index (χ3v) is 2.39. The summed E-state index contributed by atoms with van der Waals surface area (Å²) >= 11 is 0. The Kier molecular flexibility index (Phi) is 5.74. The Hall–Kier alpha value is -1.46. The fraction of sp³-hybridized carbons (Fsp3) is 0.462. The Bertz CT molecular complexity index is 379. The SMILES string of the molecule is CC(O)CN(C)CC(=O)NCc1ccc(F)cc1. The molecule has 1 amide bonds. The molecule has 5 heteroatoms. The van der Waals surface area contributed by atoms with Crippen LogP contribution in [0, 0.1) is 5.82 Å². The lowest BCUT2D eigenvalue weighted by Crippen LogP contribution is -2.37. The minimum absolute atomic E-state index is 0.123. The molecule has 0 heterocycles. The molecule has 0 aliphatic rings. The van der Waals surface area contributed by atoms with Crippen molar-refractivity contribution in [1.29, 1.82) is 0 Å². The second-order valence-electron chi connectivity index (χ2n) is 4.45. The van der Waals surface area contributed by atoms with E-state index < -0.39 is 6.10 Å². The van der Waals surface area contributed by atoms with Gasteiger partial charge in [-0.25, -0.2) is 4.39 Å². The van der Waals surface area contributed by atoms with E-state index in [4.69, 9.17) is 5.11 Å². The minimum Gasteiger partial charge on any atom is -0.392 e. The van der Waals surface area contributed by atoms with E-state index >= 15 is 0 Å². The Labute approximate surface area is 106 Å². The first kappa shape index (κ1) is 14.6. The quantitative estimate of drug-likeness (QED) is 0.788. The van der Waals surface area contributed by atoms with Crippen molar-refractivity contribution in [1.82, 2.24) is 10.2 Å². The van der Waals surface area contributed by atoms with Crippen LogP contribution in [0.5, 0.6) is 0 Å². The van der Waals surface area contributed by atoms with Gasteiger partial charge in [0, 0.05) is 13.1 Å². The third kappa shape index (κ3) is 5.75. The summed E-state index contributed by atoms with van der Waals surface area (Å²) in [6.45, 7) is 2.73. The van der Waals surface area contributed by atoms with Crippen LogP contribution in [0.15, 0.2) is 24.3 Å². The van der Waals surface area contributed by atoms with Gasteiger partial charge in [0.2, 0.25) is 5.91 Å². The fourth-order valence-electron chi connectivity index (χ4n) is 1.62. The van der Waals surface area contributed by atoms with Gasteiger partial charge in [-0.3, -0.25) is 9.69 Å². The normalized spacial score (nSPS) is 12.5. The molecule has 4 nitrogen and oxygen atoms in total. The first-order valence-corrected chi connectivity index (χ1v) is 5.85. The van der Waals surface area contributed by atoms with E-state index in [1.54, 1.807) is 31.0 Å². The number of rotatable bonds is 6. The van der Waals surface area contributed by atoms with Crippen LogP contribution in [0.1, 0.15) is 12.5 Å². The first-order valence-electron chi connectivity index (χ1n) is 5.85.